The first kappa shape index (κ1) is 13.6. The second-order valence-electron chi connectivity index (χ2n) is 4.92. The van der Waals surface area contributed by atoms with Gasteiger partial charge >= 0.3 is 0 Å². The number of para-hydroxylation sites is 1. The van der Waals surface area contributed by atoms with Crippen LogP contribution in [0.2, 0.25) is 0 Å². The molecule has 1 atom stereocenters. The van der Waals surface area contributed by atoms with Gasteiger partial charge in [0.2, 0.25) is 0 Å². The molecule has 0 aliphatic heterocycles. The lowest BCUT2D eigenvalue weighted by molar-refractivity contribution is 0.473. The van der Waals surface area contributed by atoms with E-state index >= 15 is 0 Å². The number of nitrogens with one attached hydrogen (secondary N) is 1. The van der Waals surface area contributed by atoms with Gasteiger partial charge in [-0.05, 0) is 41.9 Å². The van der Waals surface area contributed by atoms with E-state index in [-0.39, 0.29) is 11.9 Å². The molecule has 1 aromatic carbocycles. The summed E-state index contributed by atoms with van der Waals surface area (Å²) in [5.74, 6) is 0.790. The summed E-state index contributed by atoms with van der Waals surface area (Å²) in [6, 6.07) is 6.41. The molecule has 0 aliphatic carbocycles. The normalized spacial score (nSPS) is 12.9. The maximum Gasteiger partial charge on any atom is 0.173 e. The molecule has 0 amide bonds. The Morgan fingerprint density at radius 1 is 1.26 bits per heavy atom. The van der Waals surface area contributed by atoms with Gasteiger partial charge in [0.15, 0.2) is 5.82 Å². The molecule has 5 nitrogen and oxygen atoms in total. The van der Waals surface area contributed by atoms with Crippen LogP contribution in [0.5, 0.6) is 0 Å². The van der Waals surface area contributed by atoms with Crippen LogP contribution in [0.15, 0.2) is 24.3 Å². The van der Waals surface area contributed by atoms with E-state index in [0.29, 0.717) is 17.4 Å². The Morgan fingerprint density at radius 3 is 2.68 bits per heavy atom. The van der Waals surface area contributed by atoms with Crippen molar-refractivity contribution in [1.82, 2.24) is 25.5 Å². The van der Waals surface area contributed by atoms with Crippen LogP contribution in [-0.2, 0) is 0 Å². The summed E-state index contributed by atoms with van der Waals surface area (Å²) in [4.78, 5) is 0. The number of nitrogens with zero attached hydrogens (tertiary/aromatic N) is 4. The zero-order valence-electron chi connectivity index (χ0n) is 11.3. The summed E-state index contributed by atoms with van der Waals surface area (Å²) in [5, 5.41) is 14.8. The van der Waals surface area contributed by atoms with Gasteiger partial charge in [0.05, 0.1) is 6.04 Å². The van der Waals surface area contributed by atoms with Crippen LogP contribution in [0.3, 0.4) is 0 Å². The average Bonchev–Trinajstić information content (AvgIpc) is 2.85. The largest absolute Gasteiger partial charge is 0.307 e. The highest BCUT2D eigenvalue weighted by molar-refractivity contribution is 5.32. The third-order valence-electron chi connectivity index (χ3n) is 2.79. The van der Waals surface area contributed by atoms with Crippen molar-refractivity contribution in [3.8, 4) is 5.69 Å². The molecule has 2 rings (SSSR count). The zero-order valence-corrected chi connectivity index (χ0v) is 11.3. The van der Waals surface area contributed by atoms with Crippen LogP contribution in [0.25, 0.3) is 5.69 Å². The van der Waals surface area contributed by atoms with Crippen LogP contribution in [0, 0.1) is 11.7 Å². The number of halogens is 1. The average molecular weight is 263 g/mol. The zero-order chi connectivity index (χ0) is 13.8. The highest BCUT2D eigenvalue weighted by atomic mass is 19.1. The molecule has 19 heavy (non-hydrogen) atoms. The topological polar surface area (TPSA) is 55.6 Å². The fraction of sp³-hybridized carbons (Fsp3) is 0.462. The van der Waals surface area contributed by atoms with Gasteiger partial charge in [-0.1, -0.05) is 26.0 Å². The summed E-state index contributed by atoms with van der Waals surface area (Å²) in [5.41, 5.74) is 0.362. The van der Waals surface area contributed by atoms with Crippen molar-refractivity contribution >= 4 is 0 Å². The van der Waals surface area contributed by atoms with Crippen LogP contribution >= 0.6 is 0 Å². The van der Waals surface area contributed by atoms with Crippen molar-refractivity contribution in [1.29, 1.82) is 0 Å². The molecule has 1 unspecified atom stereocenters. The standard InChI is InChI=1S/C13H18FN5/c1-9(2)8-15-10(3)13-16-17-18-19(13)12-7-5-4-6-11(12)14/h4-7,9-10,15H,8H2,1-3H3. The number of hydrogen-bond acceptors (Lipinski definition) is 4. The van der Waals surface area contributed by atoms with Gasteiger partial charge in [0.1, 0.15) is 11.5 Å². The molecule has 1 N–H and O–H groups in total. The number of aromatic nitrogens is 4. The highest BCUT2D eigenvalue weighted by Gasteiger charge is 2.17. The van der Waals surface area contributed by atoms with Crippen LogP contribution in [0.4, 0.5) is 4.39 Å². The maximum atomic E-state index is 13.8. The number of rotatable bonds is 5. The lowest BCUT2D eigenvalue weighted by Gasteiger charge is -2.15. The Bertz CT molecular complexity index is 537. The van der Waals surface area contributed by atoms with Crippen molar-refractivity contribution in [2.45, 2.75) is 26.8 Å². The minimum Gasteiger partial charge on any atom is -0.307 e. The van der Waals surface area contributed by atoms with Gasteiger partial charge in [-0.15, -0.1) is 5.10 Å². The fourth-order valence-electron chi connectivity index (χ4n) is 1.76. The van der Waals surface area contributed by atoms with E-state index in [1.165, 1.54) is 10.7 Å². The summed E-state index contributed by atoms with van der Waals surface area (Å²) in [6.45, 7) is 7.07. The number of hydrogen-bond donors (Lipinski definition) is 1. The first-order valence-electron chi connectivity index (χ1n) is 6.36. The van der Waals surface area contributed by atoms with Crippen molar-refractivity contribution in [3.63, 3.8) is 0 Å². The van der Waals surface area contributed by atoms with E-state index in [1.807, 2.05) is 6.92 Å². The van der Waals surface area contributed by atoms with E-state index in [9.17, 15) is 4.39 Å². The second kappa shape index (κ2) is 5.88. The minimum atomic E-state index is -0.341. The predicted octanol–water partition coefficient (Wildman–Crippen LogP) is 2.11. The number of tetrazole rings is 1. The Morgan fingerprint density at radius 2 is 2.00 bits per heavy atom. The van der Waals surface area contributed by atoms with Crippen LogP contribution in [0.1, 0.15) is 32.6 Å². The van der Waals surface area contributed by atoms with Gasteiger partial charge < -0.3 is 5.32 Å². The fourth-order valence-corrected chi connectivity index (χ4v) is 1.76. The molecule has 1 aromatic heterocycles. The number of benzene rings is 1. The molecule has 1 heterocycles. The Hall–Kier alpha value is -1.82. The molecule has 2 aromatic rings. The van der Waals surface area contributed by atoms with Gasteiger partial charge in [-0.25, -0.2) is 4.39 Å². The first-order chi connectivity index (χ1) is 9.09. The summed E-state index contributed by atoms with van der Waals surface area (Å²) in [7, 11) is 0. The van der Waals surface area contributed by atoms with Crippen molar-refractivity contribution in [3.05, 3.63) is 35.9 Å². The predicted molar refractivity (Wildman–Crippen MR) is 70.4 cm³/mol. The van der Waals surface area contributed by atoms with E-state index < -0.39 is 0 Å². The molecular weight excluding hydrogens is 245 g/mol. The molecule has 0 bridgehead atoms. The molecule has 0 fully saturated rings. The molecule has 102 valence electrons. The van der Waals surface area contributed by atoms with Gasteiger partial charge in [0, 0.05) is 0 Å². The molecule has 0 spiro atoms. The molecule has 0 saturated carbocycles. The summed E-state index contributed by atoms with van der Waals surface area (Å²) < 4.78 is 15.2. The molecule has 0 saturated heterocycles. The maximum absolute atomic E-state index is 13.8. The SMILES string of the molecule is CC(C)CNC(C)c1nnnn1-c1ccccc1F. The van der Waals surface area contributed by atoms with Crippen LogP contribution < -0.4 is 5.32 Å². The second-order valence-corrected chi connectivity index (χ2v) is 4.92. The summed E-state index contributed by atoms with van der Waals surface area (Å²) >= 11 is 0. The third kappa shape index (κ3) is 3.14. The van der Waals surface area contributed by atoms with Crippen molar-refractivity contribution in [2.24, 2.45) is 5.92 Å². The Balaban J connectivity index is 2.25. The molecule has 0 aliphatic rings. The van der Waals surface area contributed by atoms with E-state index in [2.05, 4.69) is 34.7 Å². The molecular formula is C13H18FN5. The first-order valence-corrected chi connectivity index (χ1v) is 6.36. The van der Waals surface area contributed by atoms with Gasteiger partial charge in [0.25, 0.3) is 0 Å². The van der Waals surface area contributed by atoms with E-state index in [4.69, 9.17) is 0 Å². The van der Waals surface area contributed by atoms with Gasteiger partial charge in [-0.3, -0.25) is 0 Å². The Kier molecular flexibility index (Phi) is 4.21. The Labute approximate surface area is 111 Å². The van der Waals surface area contributed by atoms with E-state index in [1.54, 1.807) is 18.2 Å². The molecule has 6 heteroatoms. The van der Waals surface area contributed by atoms with Crippen molar-refractivity contribution < 1.29 is 4.39 Å². The highest BCUT2D eigenvalue weighted by Crippen LogP contribution is 2.16. The molecule has 0 radical (unpaired) electrons. The lowest BCUT2D eigenvalue weighted by Crippen LogP contribution is -2.26. The quantitative estimate of drug-likeness (QED) is 0.897. The lowest BCUT2D eigenvalue weighted by atomic mass is 10.2. The monoisotopic (exact) mass is 263 g/mol. The van der Waals surface area contributed by atoms with E-state index in [0.717, 1.165) is 6.54 Å². The van der Waals surface area contributed by atoms with Crippen LogP contribution in [-0.4, -0.2) is 26.8 Å². The van der Waals surface area contributed by atoms with Crippen molar-refractivity contribution in [2.75, 3.05) is 6.54 Å². The minimum absolute atomic E-state index is 0.0444. The third-order valence-corrected chi connectivity index (χ3v) is 2.79. The smallest absolute Gasteiger partial charge is 0.173 e. The summed E-state index contributed by atoms with van der Waals surface area (Å²) in [6.07, 6.45) is 0. The van der Waals surface area contributed by atoms with Gasteiger partial charge in [-0.2, -0.15) is 4.68 Å².